The van der Waals surface area contributed by atoms with E-state index < -0.39 is 34.7 Å². The van der Waals surface area contributed by atoms with Gasteiger partial charge in [-0.2, -0.15) is 0 Å². The Morgan fingerprint density at radius 2 is 1.81 bits per heavy atom. The standard InChI is InChI=1S/C28H35N3O5S/c1-17-20(10-7-11-22(17)32)25(34)30-21(14-18-8-5-4-6-9-18)23(33)27(36)31-16-37-28(2,3)24(31)26(35)29-15-19-12-13-19/h4-11,19,21,23-24,32-33H,12-16H2,1-3H3,(H,29,35)(H,30,34)/t21-,23-,24+/m0/s1. The van der Waals surface area contributed by atoms with E-state index in [1.165, 1.54) is 22.7 Å². The van der Waals surface area contributed by atoms with Crippen LogP contribution < -0.4 is 10.6 Å². The van der Waals surface area contributed by atoms with E-state index in [4.69, 9.17) is 0 Å². The summed E-state index contributed by atoms with van der Waals surface area (Å²) in [5.41, 5.74) is 1.50. The van der Waals surface area contributed by atoms with Gasteiger partial charge in [0.25, 0.3) is 11.8 Å². The van der Waals surface area contributed by atoms with E-state index in [0.717, 1.165) is 18.4 Å². The predicted octanol–water partition coefficient (Wildman–Crippen LogP) is 2.61. The molecular formula is C28H35N3O5S. The van der Waals surface area contributed by atoms with Gasteiger partial charge in [0, 0.05) is 22.4 Å². The maximum Gasteiger partial charge on any atom is 0.254 e. The van der Waals surface area contributed by atoms with Crippen molar-refractivity contribution in [1.82, 2.24) is 15.5 Å². The van der Waals surface area contributed by atoms with E-state index >= 15 is 0 Å². The van der Waals surface area contributed by atoms with Crippen LogP contribution >= 0.6 is 11.8 Å². The molecule has 37 heavy (non-hydrogen) atoms. The number of phenolic OH excluding ortho intramolecular Hbond substituents is 1. The maximum atomic E-state index is 13.7. The molecule has 0 aromatic heterocycles. The zero-order valence-corrected chi connectivity index (χ0v) is 22.3. The molecule has 2 aromatic rings. The third-order valence-electron chi connectivity index (χ3n) is 7.14. The smallest absolute Gasteiger partial charge is 0.254 e. The van der Waals surface area contributed by atoms with Gasteiger partial charge in [0.05, 0.1) is 11.9 Å². The van der Waals surface area contributed by atoms with Gasteiger partial charge in [0.1, 0.15) is 11.8 Å². The number of aliphatic hydroxyl groups is 1. The Kier molecular flexibility index (Phi) is 8.14. The number of rotatable bonds is 9. The fraction of sp³-hybridized carbons (Fsp3) is 0.464. The van der Waals surface area contributed by atoms with E-state index in [1.54, 1.807) is 19.1 Å². The van der Waals surface area contributed by atoms with Gasteiger partial charge < -0.3 is 25.7 Å². The molecule has 1 saturated heterocycles. The molecule has 9 heteroatoms. The minimum absolute atomic E-state index is 0.0136. The lowest BCUT2D eigenvalue weighted by Crippen LogP contribution is -2.58. The highest BCUT2D eigenvalue weighted by molar-refractivity contribution is 8.00. The molecule has 3 amide bonds. The Hall–Kier alpha value is -3.04. The molecular weight excluding hydrogens is 490 g/mol. The van der Waals surface area contributed by atoms with Crippen molar-refractivity contribution in [3.8, 4) is 5.75 Å². The van der Waals surface area contributed by atoms with Crippen molar-refractivity contribution in [3.63, 3.8) is 0 Å². The molecule has 2 aliphatic rings. The molecule has 2 aromatic carbocycles. The molecule has 8 nitrogen and oxygen atoms in total. The van der Waals surface area contributed by atoms with Crippen LogP contribution in [0.3, 0.4) is 0 Å². The number of carbonyl (C=O) groups excluding carboxylic acids is 3. The van der Waals surface area contributed by atoms with Gasteiger partial charge in [-0.3, -0.25) is 14.4 Å². The largest absolute Gasteiger partial charge is 0.508 e. The van der Waals surface area contributed by atoms with Crippen LogP contribution in [0.5, 0.6) is 5.75 Å². The third kappa shape index (κ3) is 6.27. The first kappa shape index (κ1) is 27.0. The zero-order valence-electron chi connectivity index (χ0n) is 21.4. The van der Waals surface area contributed by atoms with E-state index in [0.29, 0.717) is 18.0 Å². The van der Waals surface area contributed by atoms with Gasteiger partial charge >= 0.3 is 0 Å². The molecule has 0 radical (unpaired) electrons. The SMILES string of the molecule is Cc1c(O)cccc1C(=O)N[C@@H](Cc1ccccc1)[C@H](O)C(=O)N1CSC(C)(C)[C@H]1C(=O)NCC1CC1. The van der Waals surface area contributed by atoms with Crippen LogP contribution in [0.2, 0.25) is 0 Å². The van der Waals surface area contributed by atoms with Gasteiger partial charge in [-0.05, 0) is 63.6 Å². The molecule has 3 atom stereocenters. The highest BCUT2D eigenvalue weighted by atomic mass is 32.2. The summed E-state index contributed by atoms with van der Waals surface area (Å²) in [6.45, 7) is 6.07. The lowest BCUT2D eigenvalue weighted by atomic mass is 9.96. The molecule has 0 spiro atoms. The fourth-order valence-corrected chi connectivity index (χ4v) is 5.78. The number of amides is 3. The Balaban J connectivity index is 1.56. The Morgan fingerprint density at radius 1 is 1.11 bits per heavy atom. The van der Waals surface area contributed by atoms with E-state index in [9.17, 15) is 24.6 Å². The molecule has 4 N–H and O–H groups in total. The van der Waals surface area contributed by atoms with Crippen molar-refractivity contribution in [3.05, 3.63) is 65.2 Å². The first-order chi connectivity index (χ1) is 17.6. The average molecular weight is 526 g/mol. The number of phenols is 1. The Morgan fingerprint density at radius 3 is 2.49 bits per heavy atom. The van der Waals surface area contributed by atoms with Gasteiger partial charge in [0.2, 0.25) is 5.91 Å². The maximum absolute atomic E-state index is 13.7. The molecule has 198 valence electrons. The van der Waals surface area contributed by atoms with E-state index in [2.05, 4.69) is 10.6 Å². The molecule has 1 aliphatic heterocycles. The van der Waals surface area contributed by atoms with Crippen LogP contribution in [0.25, 0.3) is 0 Å². The number of benzene rings is 2. The van der Waals surface area contributed by atoms with E-state index in [1.807, 2.05) is 44.2 Å². The van der Waals surface area contributed by atoms with Gasteiger partial charge in [0.15, 0.2) is 6.10 Å². The van der Waals surface area contributed by atoms with Crippen LogP contribution in [-0.4, -0.2) is 68.2 Å². The summed E-state index contributed by atoms with van der Waals surface area (Å²) >= 11 is 1.49. The molecule has 1 saturated carbocycles. The highest BCUT2D eigenvalue weighted by Crippen LogP contribution is 2.40. The molecule has 1 aliphatic carbocycles. The van der Waals surface area contributed by atoms with Gasteiger partial charge in [-0.15, -0.1) is 11.8 Å². The van der Waals surface area contributed by atoms with Crippen LogP contribution in [0, 0.1) is 12.8 Å². The highest BCUT2D eigenvalue weighted by Gasteiger charge is 2.50. The number of thioether (sulfide) groups is 1. The summed E-state index contributed by atoms with van der Waals surface area (Å²) in [4.78, 5) is 41.4. The summed E-state index contributed by atoms with van der Waals surface area (Å²) in [6, 6.07) is 12.2. The van der Waals surface area contributed by atoms with Crippen molar-refractivity contribution in [1.29, 1.82) is 0 Å². The Labute approximate surface area is 221 Å². The topological polar surface area (TPSA) is 119 Å². The first-order valence-electron chi connectivity index (χ1n) is 12.6. The van der Waals surface area contributed by atoms with Crippen molar-refractivity contribution in [2.75, 3.05) is 12.4 Å². The lowest BCUT2D eigenvalue weighted by molar-refractivity contribution is -0.147. The second-order valence-electron chi connectivity index (χ2n) is 10.4. The van der Waals surface area contributed by atoms with Crippen molar-refractivity contribution >= 4 is 29.5 Å². The number of hydrogen-bond acceptors (Lipinski definition) is 6. The number of hydrogen-bond donors (Lipinski definition) is 4. The van der Waals surface area contributed by atoms with Gasteiger partial charge in [-0.25, -0.2) is 0 Å². The van der Waals surface area contributed by atoms with Crippen molar-refractivity contribution in [2.24, 2.45) is 5.92 Å². The zero-order chi connectivity index (χ0) is 26.7. The monoisotopic (exact) mass is 525 g/mol. The summed E-state index contributed by atoms with van der Waals surface area (Å²) in [5, 5.41) is 27.2. The summed E-state index contributed by atoms with van der Waals surface area (Å²) < 4.78 is -0.528. The predicted molar refractivity (Wildman–Crippen MR) is 143 cm³/mol. The van der Waals surface area contributed by atoms with Crippen LogP contribution in [-0.2, 0) is 16.0 Å². The summed E-state index contributed by atoms with van der Waals surface area (Å²) in [7, 11) is 0. The fourth-order valence-electron chi connectivity index (χ4n) is 4.64. The van der Waals surface area contributed by atoms with Gasteiger partial charge in [-0.1, -0.05) is 36.4 Å². The van der Waals surface area contributed by atoms with Crippen LogP contribution in [0.1, 0.15) is 48.2 Å². The minimum Gasteiger partial charge on any atom is -0.508 e. The van der Waals surface area contributed by atoms with Crippen molar-refractivity contribution in [2.45, 2.75) is 63.0 Å². The van der Waals surface area contributed by atoms with E-state index in [-0.39, 0.29) is 29.5 Å². The van der Waals surface area contributed by atoms with Crippen LogP contribution in [0.15, 0.2) is 48.5 Å². The number of nitrogens with one attached hydrogen (secondary N) is 2. The normalized spacial score (nSPS) is 20.2. The van der Waals surface area contributed by atoms with Crippen molar-refractivity contribution < 1.29 is 24.6 Å². The number of carbonyl (C=O) groups is 3. The number of aromatic hydroxyl groups is 1. The Bertz CT molecular complexity index is 1150. The summed E-state index contributed by atoms with van der Waals surface area (Å²) in [6.07, 6.45) is 0.837. The molecule has 0 unspecified atom stereocenters. The number of aliphatic hydroxyl groups excluding tert-OH is 1. The number of nitrogens with zero attached hydrogens (tertiary/aromatic N) is 1. The lowest BCUT2D eigenvalue weighted by Gasteiger charge is -2.33. The minimum atomic E-state index is -1.57. The molecule has 2 fully saturated rings. The second-order valence-corrected chi connectivity index (χ2v) is 12.0. The molecule has 4 rings (SSSR count). The quantitative estimate of drug-likeness (QED) is 0.400. The molecule has 1 heterocycles. The molecule has 0 bridgehead atoms. The van der Waals surface area contributed by atoms with Crippen LogP contribution in [0.4, 0.5) is 0 Å². The average Bonchev–Trinajstić information content (AvgIpc) is 3.65. The summed E-state index contributed by atoms with van der Waals surface area (Å²) in [5.74, 6) is -0.569. The third-order valence-corrected chi connectivity index (χ3v) is 8.51. The second kappa shape index (κ2) is 11.1. The first-order valence-corrected chi connectivity index (χ1v) is 13.6.